The second-order valence-corrected chi connectivity index (χ2v) is 6.26. The first-order valence-electron chi connectivity index (χ1n) is 8.52. The van der Waals surface area contributed by atoms with Gasteiger partial charge in [-0.3, -0.25) is 4.79 Å². The van der Waals surface area contributed by atoms with E-state index >= 15 is 0 Å². The maximum Gasteiger partial charge on any atom is 0.223 e. The second kappa shape index (κ2) is 8.45. The number of ether oxygens (including phenoxy) is 2. The highest BCUT2D eigenvalue weighted by atomic mass is 16.5. The number of rotatable bonds is 8. The van der Waals surface area contributed by atoms with Crippen molar-refractivity contribution < 1.29 is 14.3 Å². The molecule has 23 heavy (non-hydrogen) atoms. The van der Waals surface area contributed by atoms with Crippen LogP contribution < -0.4 is 5.32 Å². The van der Waals surface area contributed by atoms with Crippen molar-refractivity contribution in [1.29, 1.82) is 0 Å². The lowest BCUT2D eigenvalue weighted by Crippen LogP contribution is -2.36. The van der Waals surface area contributed by atoms with Gasteiger partial charge in [0.1, 0.15) is 6.73 Å². The van der Waals surface area contributed by atoms with E-state index < -0.39 is 0 Å². The van der Waals surface area contributed by atoms with Crippen LogP contribution in [0, 0.1) is 19.8 Å². The largest absolute Gasteiger partial charge is 0.376 e. The molecule has 1 aliphatic rings. The van der Waals surface area contributed by atoms with Crippen LogP contribution in [-0.4, -0.2) is 41.6 Å². The van der Waals surface area contributed by atoms with E-state index in [1.807, 2.05) is 32.4 Å². The molecule has 1 N–H and O–H groups in total. The van der Waals surface area contributed by atoms with Gasteiger partial charge >= 0.3 is 0 Å². The van der Waals surface area contributed by atoms with Gasteiger partial charge in [0.15, 0.2) is 0 Å². The number of nitrogens with zero attached hydrogens (tertiary/aromatic N) is 2. The Kier molecular flexibility index (Phi) is 6.59. The van der Waals surface area contributed by atoms with Crippen LogP contribution in [-0.2, 0) is 27.4 Å². The summed E-state index contributed by atoms with van der Waals surface area (Å²) in [6.07, 6.45) is 3.01. The summed E-state index contributed by atoms with van der Waals surface area (Å²) >= 11 is 0. The zero-order valence-electron chi connectivity index (χ0n) is 14.7. The number of aromatic nitrogens is 2. The molecule has 1 aliphatic heterocycles. The first-order chi connectivity index (χ1) is 11.0. The second-order valence-electron chi connectivity index (χ2n) is 6.26. The van der Waals surface area contributed by atoms with Gasteiger partial charge in [-0.05, 0) is 45.6 Å². The number of aryl methyl sites for hydroxylation is 1. The van der Waals surface area contributed by atoms with Gasteiger partial charge in [-0.25, -0.2) is 4.68 Å². The van der Waals surface area contributed by atoms with Crippen LogP contribution in [0.3, 0.4) is 0 Å². The number of carbonyl (C=O) groups excluding carboxylic acids is 1. The molecule has 1 aromatic heterocycles. The van der Waals surface area contributed by atoms with Crippen LogP contribution in [0.1, 0.15) is 43.6 Å². The van der Waals surface area contributed by atoms with Gasteiger partial charge in [0.25, 0.3) is 0 Å². The lowest BCUT2D eigenvalue weighted by Gasteiger charge is -2.15. The Morgan fingerprint density at radius 2 is 2.30 bits per heavy atom. The third-order valence-electron chi connectivity index (χ3n) is 4.43. The molecule has 6 nitrogen and oxygen atoms in total. The topological polar surface area (TPSA) is 65.4 Å². The van der Waals surface area contributed by atoms with Crippen molar-refractivity contribution in [3.63, 3.8) is 0 Å². The van der Waals surface area contributed by atoms with Gasteiger partial charge in [0.2, 0.25) is 5.91 Å². The molecule has 1 aromatic rings. The summed E-state index contributed by atoms with van der Waals surface area (Å²) in [6, 6.07) is 0. The summed E-state index contributed by atoms with van der Waals surface area (Å²) in [6.45, 7) is 10.5. The Hall–Kier alpha value is -1.40. The Morgan fingerprint density at radius 3 is 2.96 bits per heavy atom. The van der Waals surface area contributed by atoms with E-state index in [1.165, 1.54) is 0 Å². The molecule has 0 radical (unpaired) electrons. The Morgan fingerprint density at radius 1 is 1.52 bits per heavy atom. The molecule has 1 saturated heterocycles. The molecule has 6 heteroatoms. The predicted molar refractivity (Wildman–Crippen MR) is 88.2 cm³/mol. The quantitative estimate of drug-likeness (QED) is 0.794. The van der Waals surface area contributed by atoms with E-state index in [0.29, 0.717) is 26.3 Å². The van der Waals surface area contributed by atoms with Crippen LogP contribution in [0.15, 0.2) is 0 Å². The van der Waals surface area contributed by atoms with Crippen LogP contribution in [0.2, 0.25) is 0 Å². The lowest BCUT2D eigenvalue weighted by molar-refractivity contribution is -0.125. The minimum absolute atomic E-state index is 0.0804. The van der Waals surface area contributed by atoms with Gasteiger partial charge in [-0.15, -0.1) is 0 Å². The molecule has 0 aliphatic carbocycles. The third kappa shape index (κ3) is 4.78. The number of nitrogens with one attached hydrogen (secondary N) is 1. The Labute approximate surface area is 138 Å². The molecule has 0 saturated carbocycles. The van der Waals surface area contributed by atoms with E-state index in [1.54, 1.807) is 0 Å². The van der Waals surface area contributed by atoms with E-state index in [-0.39, 0.29) is 17.9 Å². The highest BCUT2D eigenvalue weighted by molar-refractivity contribution is 5.78. The standard InChI is InChI=1S/C17H29N3O3/c1-5-22-11-20-14(4)16(13(3)19-20)9-12(2)17(21)18-10-15-7-6-8-23-15/h12,15H,5-11H2,1-4H3,(H,18,21)/t12-,15-/m1/s1. The van der Waals surface area contributed by atoms with E-state index in [0.717, 1.165) is 36.4 Å². The van der Waals surface area contributed by atoms with Crippen LogP contribution in [0.5, 0.6) is 0 Å². The smallest absolute Gasteiger partial charge is 0.223 e. The summed E-state index contributed by atoms with van der Waals surface area (Å²) in [5.74, 6) is -0.00425. The lowest BCUT2D eigenvalue weighted by atomic mass is 9.99. The van der Waals surface area contributed by atoms with Crippen molar-refractivity contribution in [2.24, 2.45) is 5.92 Å². The average molecular weight is 323 g/mol. The highest BCUT2D eigenvalue weighted by Crippen LogP contribution is 2.18. The van der Waals surface area contributed by atoms with Crippen molar-refractivity contribution in [1.82, 2.24) is 15.1 Å². The van der Waals surface area contributed by atoms with Gasteiger partial charge < -0.3 is 14.8 Å². The van der Waals surface area contributed by atoms with Crippen LogP contribution in [0.25, 0.3) is 0 Å². The fourth-order valence-corrected chi connectivity index (χ4v) is 2.93. The molecule has 2 atom stereocenters. The van der Waals surface area contributed by atoms with Gasteiger partial charge in [0, 0.05) is 31.4 Å². The highest BCUT2D eigenvalue weighted by Gasteiger charge is 2.21. The number of carbonyl (C=O) groups is 1. The molecule has 1 amide bonds. The predicted octanol–water partition coefficient (Wildman–Crippen LogP) is 1.97. The SMILES string of the molecule is CCOCn1nc(C)c(C[C@@H](C)C(=O)NC[C@H]2CCCO2)c1C. The van der Waals surface area contributed by atoms with Crippen molar-refractivity contribution in [2.75, 3.05) is 19.8 Å². The summed E-state index contributed by atoms with van der Waals surface area (Å²) in [5, 5.41) is 7.52. The first-order valence-corrected chi connectivity index (χ1v) is 8.52. The summed E-state index contributed by atoms with van der Waals surface area (Å²) < 4.78 is 12.8. The molecule has 130 valence electrons. The van der Waals surface area contributed by atoms with E-state index in [4.69, 9.17) is 9.47 Å². The molecule has 0 spiro atoms. The van der Waals surface area contributed by atoms with Crippen LogP contribution >= 0.6 is 0 Å². The molecule has 0 aromatic carbocycles. The average Bonchev–Trinajstić information content (AvgIpc) is 3.14. The summed E-state index contributed by atoms with van der Waals surface area (Å²) in [5.41, 5.74) is 3.19. The zero-order chi connectivity index (χ0) is 16.8. The van der Waals surface area contributed by atoms with Crippen molar-refractivity contribution in [3.05, 3.63) is 17.0 Å². The molecular weight excluding hydrogens is 294 g/mol. The van der Waals surface area contributed by atoms with E-state index in [2.05, 4.69) is 10.4 Å². The minimum Gasteiger partial charge on any atom is -0.376 e. The fraction of sp³-hybridized carbons (Fsp3) is 0.765. The number of hydrogen-bond donors (Lipinski definition) is 1. The maximum atomic E-state index is 12.3. The molecular formula is C17H29N3O3. The van der Waals surface area contributed by atoms with Crippen LogP contribution in [0.4, 0.5) is 0 Å². The van der Waals surface area contributed by atoms with Crippen molar-refractivity contribution in [3.8, 4) is 0 Å². The minimum atomic E-state index is -0.0847. The summed E-state index contributed by atoms with van der Waals surface area (Å²) in [4.78, 5) is 12.3. The number of hydrogen-bond acceptors (Lipinski definition) is 4. The first kappa shape index (κ1) is 17.9. The number of amides is 1. The van der Waals surface area contributed by atoms with Gasteiger partial charge in [0.05, 0.1) is 11.8 Å². The third-order valence-corrected chi connectivity index (χ3v) is 4.43. The normalized spacial score (nSPS) is 19.0. The molecule has 2 heterocycles. The van der Waals surface area contributed by atoms with Crippen molar-refractivity contribution >= 4 is 5.91 Å². The van der Waals surface area contributed by atoms with Gasteiger partial charge in [-0.2, -0.15) is 5.10 Å². The summed E-state index contributed by atoms with van der Waals surface area (Å²) in [7, 11) is 0. The molecule has 0 bridgehead atoms. The van der Waals surface area contributed by atoms with E-state index in [9.17, 15) is 4.79 Å². The monoisotopic (exact) mass is 323 g/mol. The molecule has 2 rings (SSSR count). The van der Waals surface area contributed by atoms with Gasteiger partial charge in [-0.1, -0.05) is 6.92 Å². The Bertz CT molecular complexity index is 521. The zero-order valence-corrected chi connectivity index (χ0v) is 14.7. The Balaban J connectivity index is 1.89. The fourth-order valence-electron chi connectivity index (χ4n) is 2.93. The van der Waals surface area contributed by atoms with Crippen molar-refractivity contribution in [2.45, 2.75) is 59.8 Å². The molecule has 1 fully saturated rings. The maximum absolute atomic E-state index is 12.3. The molecule has 0 unspecified atom stereocenters.